The Morgan fingerprint density at radius 2 is 1.73 bits per heavy atom. The van der Waals surface area contributed by atoms with Crippen LogP contribution in [0.3, 0.4) is 0 Å². The van der Waals surface area contributed by atoms with E-state index in [1.165, 1.54) is 43.6 Å². The van der Waals surface area contributed by atoms with Gasteiger partial charge in [0, 0.05) is 19.1 Å². The first-order chi connectivity index (χ1) is 19.5. The summed E-state index contributed by atoms with van der Waals surface area (Å²) in [6, 6.07) is 11.3. The van der Waals surface area contributed by atoms with Crippen LogP contribution in [0.5, 0.6) is 5.75 Å². The van der Waals surface area contributed by atoms with Crippen LogP contribution < -0.4 is 26.2 Å². The number of hydrazone groups is 1. The molecule has 1 aliphatic rings. The van der Waals surface area contributed by atoms with Gasteiger partial charge in [-0.05, 0) is 28.8 Å². The highest BCUT2D eigenvalue weighted by molar-refractivity contribution is 5.97. The van der Waals surface area contributed by atoms with E-state index in [1.54, 1.807) is 12.1 Å². The van der Waals surface area contributed by atoms with Gasteiger partial charge in [0.2, 0.25) is 0 Å². The fourth-order valence-electron chi connectivity index (χ4n) is 2.98. The van der Waals surface area contributed by atoms with Gasteiger partial charge in [-0.2, -0.15) is 15.8 Å². The molecule has 1 aliphatic heterocycles. The number of aromatic nitrogens is 2. The van der Waals surface area contributed by atoms with Crippen LogP contribution in [0.15, 0.2) is 70.3 Å². The van der Waals surface area contributed by atoms with Crippen LogP contribution in [0.4, 0.5) is 5.69 Å². The highest BCUT2D eigenvalue weighted by Gasteiger charge is 2.17. The lowest BCUT2D eigenvalue weighted by atomic mass is 10.1. The summed E-state index contributed by atoms with van der Waals surface area (Å²) in [5.41, 5.74) is 2.74. The number of nitrogens with one attached hydrogen (secondary N) is 4. The highest BCUT2D eigenvalue weighted by atomic mass is 16.5. The first kappa shape index (κ1) is 20.0. The predicted octanol–water partition coefficient (Wildman–Crippen LogP) is 1.59. The number of fused-ring (bicyclic) bond motifs is 1. The molecule has 188 valence electrons. The monoisotopic (exact) mass is 505 g/mol. The molecule has 1 aromatic heterocycles. The molecule has 3 aromatic rings. The molecular weight excluding hydrogens is 478 g/mol. The lowest BCUT2D eigenvalue weighted by Crippen LogP contribution is -2.27. The number of carbonyl (C=O) groups excluding carboxylic acids is 3. The van der Waals surface area contributed by atoms with Crippen LogP contribution in [0.2, 0.25) is 0 Å². The van der Waals surface area contributed by atoms with Gasteiger partial charge in [-0.3, -0.25) is 14.4 Å². The Kier molecular flexibility index (Phi) is 6.48. The first-order valence-electron chi connectivity index (χ1n) is 12.7. The van der Waals surface area contributed by atoms with Crippen molar-refractivity contribution in [3.63, 3.8) is 0 Å². The summed E-state index contributed by atoms with van der Waals surface area (Å²) in [5.74, 6) is -1.93. The SMILES string of the molecule is [2H]C([2H])(NC(=O)c1cc(C(=O)NC([2H])([2H])c2ccc3c(c2)NC(=O)CO3)ncn1)c1ccc(/C=N/NN=NC)cc1. The minimum absolute atomic E-state index is 0.0237. The molecular formula is C24H23N9O4. The number of rotatable bonds is 9. The third-order valence-corrected chi connectivity index (χ3v) is 4.71. The van der Waals surface area contributed by atoms with Crippen LogP contribution in [0.1, 0.15) is 43.2 Å². The van der Waals surface area contributed by atoms with E-state index in [-0.39, 0.29) is 34.8 Å². The second kappa shape index (κ2) is 12.0. The molecule has 13 heteroatoms. The van der Waals surface area contributed by atoms with Crippen molar-refractivity contribution in [3.05, 3.63) is 82.9 Å². The number of amides is 3. The smallest absolute Gasteiger partial charge is 0.270 e. The average Bonchev–Trinajstić information content (AvgIpc) is 2.95. The minimum atomic E-state index is -2.40. The number of ether oxygens (including phenoxy) is 1. The number of anilines is 1. The molecule has 37 heavy (non-hydrogen) atoms. The van der Waals surface area contributed by atoms with Gasteiger partial charge in [-0.1, -0.05) is 35.6 Å². The second-order valence-corrected chi connectivity index (χ2v) is 7.27. The Morgan fingerprint density at radius 3 is 2.43 bits per heavy atom. The molecule has 4 N–H and O–H groups in total. The topological polar surface area (TPSA) is 171 Å². The average molecular weight is 506 g/mol. The Morgan fingerprint density at radius 1 is 1.05 bits per heavy atom. The molecule has 0 atom stereocenters. The van der Waals surface area contributed by atoms with Crippen LogP contribution in [-0.2, 0) is 17.8 Å². The maximum Gasteiger partial charge on any atom is 0.270 e. The normalized spacial score (nSPS) is 14.9. The molecule has 0 spiro atoms. The molecule has 4 rings (SSSR count). The van der Waals surface area contributed by atoms with Crippen molar-refractivity contribution < 1.29 is 24.6 Å². The summed E-state index contributed by atoms with van der Waals surface area (Å²) in [6.45, 7) is -4.86. The summed E-state index contributed by atoms with van der Waals surface area (Å²) in [7, 11) is 1.47. The Hall–Kier alpha value is -5.20. The van der Waals surface area contributed by atoms with Crippen molar-refractivity contribution in [2.24, 2.45) is 15.4 Å². The molecule has 2 heterocycles. The molecule has 2 aromatic carbocycles. The van der Waals surface area contributed by atoms with Gasteiger partial charge in [0.25, 0.3) is 17.7 Å². The van der Waals surface area contributed by atoms with Crippen LogP contribution >= 0.6 is 0 Å². The van der Waals surface area contributed by atoms with E-state index in [2.05, 4.69) is 46.9 Å². The second-order valence-electron chi connectivity index (χ2n) is 7.27. The van der Waals surface area contributed by atoms with Crippen molar-refractivity contribution in [2.45, 2.75) is 13.0 Å². The molecule has 0 saturated carbocycles. The minimum Gasteiger partial charge on any atom is -0.482 e. The zero-order chi connectivity index (χ0) is 29.6. The van der Waals surface area contributed by atoms with E-state index in [0.717, 1.165) is 12.4 Å². The molecule has 13 nitrogen and oxygen atoms in total. The van der Waals surface area contributed by atoms with Gasteiger partial charge >= 0.3 is 0 Å². The van der Waals surface area contributed by atoms with E-state index in [9.17, 15) is 14.4 Å². The van der Waals surface area contributed by atoms with Crippen LogP contribution in [0, 0.1) is 0 Å². The number of carbonyl (C=O) groups is 3. The number of hydrogen-bond donors (Lipinski definition) is 4. The van der Waals surface area contributed by atoms with E-state index in [1.807, 2.05) is 0 Å². The van der Waals surface area contributed by atoms with E-state index < -0.39 is 30.7 Å². The van der Waals surface area contributed by atoms with Crippen LogP contribution in [0.25, 0.3) is 0 Å². The van der Waals surface area contributed by atoms with Crippen LogP contribution in [-0.4, -0.2) is 47.6 Å². The maximum absolute atomic E-state index is 12.8. The van der Waals surface area contributed by atoms with E-state index >= 15 is 0 Å². The van der Waals surface area contributed by atoms with Crippen molar-refractivity contribution in [1.29, 1.82) is 0 Å². The standard InChI is InChI=1S/C24H23N9O4/c1-25-32-33-30-12-16-4-2-15(3-5-16)10-26-23(35)19-9-20(29-14-28-19)24(36)27-11-17-6-7-21-18(8-17)31-22(34)13-37-21/h2-9,12,14H,10-11,13H2,1H3,(H,25,33)(H,26,35)(H,27,36)(H,31,34)/b30-12+/i10D2,11D2. The lowest BCUT2D eigenvalue weighted by Gasteiger charge is -2.18. The van der Waals surface area contributed by atoms with Crippen molar-refractivity contribution >= 4 is 29.6 Å². The lowest BCUT2D eigenvalue weighted by molar-refractivity contribution is -0.118. The quantitative estimate of drug-likeness (QED) is 0.194. The summed E-state index contributed by atoms with van der Waals surface area (Å²) in [4.78, 5) is 44.8. The van der Waals surface area contributed by atoms with Gasteiger partial charge in [-0.25, -0.2) is 9.97 Å². The fourth-order valence-corrected chi connectivity index (χ4v) is 2.98. The number of benzene rings is 2. The summed E-state index contributed by atoms with van der Waals surface area (Å²) in [5, 5.41) is 17.7. The highest BCUT2D eigenvalue weighted by Crippen LogP contribution is 2.28. The van der Waals surface area contributed by atoms with Crippen molar-refractivity contribution in [2.75, 3.05) is 19.0 Å². The molecule has 0 saturated heterocycles. The summed E-state index contributed by atoms with van der Waals surface area (Å²) >= 11 is 0. The Labute approximate surface area is 217 Å². The van der Waals surface area contributed by atoms with Gasteiger partial charge in [-0.15, -0.1) is 0 Å². The molecule has 0 radical (unpaired) electrons. The zero-order valence-electron chi connectivity index (χ0n) is 23.3. The predicted molar refractivity (Wildman–Crippen MR) is 133 cm³/mol. The fraction of sp³-hybridized carbons (Fsp3) is 0.167. The molecule has 0 unspecified atom stereocenters. The number of nitrogens with zero attached hydrogens (tertiary/aromatic N) is 5. The third kappa shape index (κ3) is 6.91. The van der Waals surface area contributed by atoms with Crippen molar-refractivity contribution in [1.82, 2.24) is 26.1 Å². The van der Waals surface area contributed by atoms with Gasteiger partial charge in [0.1, 0.15) is 23.5 Å². The summed E-state index contributed by atoms with van der Waals surface area (Å²) in [6.07, 6.45) is 2.38. The molecule has 0 bridgehead atoms. The molecule has 0 aliphatic carbocycles. The Bertz CT molecular complexity index is 1530. The third-order valence-electron chi connectivity index (χ3n) is 4.71. The van der Waals surface area contributed by atoms with Gasteiger partial charge < -0.3 is 20.7 Å². The van der Waals surface area contributed by atoms with Gasteiger partial charge in [0.15, 0.2) is 6.61 Å². The van der Waals surface area contributed by atoms with Gasteiger partial charge in [0.05, 0.1) is 24.4 Å². The van der Waals surface area contributed by atoms with E-state index in [0.29, 0.717) is 11.3 Å². The largest absolute Gasteiger partial charge is 0.482 e. The molecule has 3 amide bonds. The summed E-state index contributed by atoms with van der Waals surface area (Å²) < 4.78 is 38.5. The Balaban J connectivity index is 1.43. The zero-order valence-corrected chi connectivity index (χ0v) is 19.3. The van der Waals surface area contributed by atoms with Crippen molar-refractivity contribution in [3.8, 4) is 5.75 Å². The van der Waals surface area contributed by atoms with E-state index in [4.69, 9.17) is 10.2 Å². The first-order valence-corrected chi connectivity index (χ1v) is 10.7. The maximum atomic E-state index is 12.8. The molecule has 0 fully saturated rings. The number of hydrogen-bond acceptors (Lipinski definition) is 9.